The van der Waals surface area contributed by atoms with Crippen molar-refractivity contribution in [1.82, 2.24) is 10.9 Å². The summed E-state index contributed by atoms with van der Waals surface area (Å²) in [5.41, 5.74) is 6.18. The molecule has 0 fully saturated rings. The molecule has 0 aliphatic carbocycles. The van der Waals surface area contributed by atoms with E-state index in [0.717, 1.165) is 5.56 Å². The second-order valence-corrected chi connectivity index (χ2v) is 5.71. The molecule has 0 radical (unpaired) electrons. The van der Waals surface area contributed by atoms with Crippen molar-refractivity contribution in [3.63, 3.8) is 0 Å². The van der Waals surface area contributed by atoms with E-state index >= 15 is 0 Å². The number of urea groups is 1. The number of benzene rings is 2. The van der Waals surface area contributed by atoms with Crippen LogP contribution < -0.4 is 30.4 Å². The highest BCUT2D eigenvalue weighted by molar-refractivity contribution is 5.91. The molecule has 26 heavy (non-hydrogen) atoms. The number of amides is 3. The molecule has 0 saturated heterocycles. The van der Waals surface area contributed by atoms with E-state index in [0.29, 0.717) is 22.9 Å². The molecule has 1 heterocycles. The van der Waals surface area contributed by atoms with Crippen LogP contribution in [-0.4, -0.2) is 24.8 Å². The normalized spacial score (nSPS) is 12.8. The second kappa shape index (κ2) is 7.64. The number of nitrogens with one attached hydrogen (secondary N) is 3. The van der Waals surface area contributed by atoms with Crippen molar-refractivity contribution in [2.45, 2.75) is 20.0 Å². The van der Waals surface area contributed by atoms with Crippen LogP contribution in [-0.2, 0) is 4.79 Å². The van der Waals surface area contributed by atoms with E-state index in [1.807, 2.05) is 19.1 Å². The maximum Gasteiger partial charge on any atom is 0.337 e. The van der Waals surface area contributed by atoms with Gasteiger partial charge in [0.25, 0.3) is 5.91 Å². The third-order valence-corrected chi connectivity index (χ3v) is 3.63. The Labute approximate surface area is 150 Å². The molecule has 3 amide bonds. The first kappa shape index (κ1) is 17.4. The fourth-order valence-corrected chi connectivity index (χ4v) is 2.23. The Balaban J connectivity index is 1.46. The van der Waals surface area contributed by atoms with Gasteiger partial charge in [0.1, 0.15) is 5.75 Å². The van der Waals surface area contributed by atoms with Crippen LogP contribution in [0, 0.1) is 6.92 Å². The monoisotopic (exact) mass is 357 g/mol. The molecular weight excluding hydrogens is 338 g/mol. The van der Waals surface area contributed by atoms with Crippen LogP contribution in [0.5, 0.6) is 17.2 Å². The minimum atomic E-state index is -0.774. The van der Waals surface area contributed by atoms with Gasteiger partial charge < -0.3 is 19.5 Å². The molecule has 1 aliphatic rings. The third kappa shape index (κ3) is 4.35. The quantitative estimate of drug-likeness (QED) is 0.730. The highest BCUT2D eigenvalue weighted by Crippen LogP contribution is 2.34. The molecule has 8 heteroatoms. The molecule has 0 aromatic heterocycles. The van der Waals surface area contributed by atoms with Gasteiger partial charge in [0.15, 0.2) is 17.6 Å². The molecule has 1 atom stereocenters. The Morgan fingerprint density at radius 2 is 1.77 bits per heavy atom. The van der Waals surface area contributed by atoms with Crippen LogP contribution in [0.25, 0.3) is 0 Å². The van der Waals surface area contributed by atoms with Crippen molar-refractivity contribution < 1.29 is 23.8 Å². The fraction of sp³-hybridized carbons (Fsp3) is 0.222. The molecule has 2 aromatic rings. The average Bonchev–Trinajstić information content (AvgIpc) is 3.09. The van der Waals surface area contributed by atoms with Gasteiger partial charge in [0.2, 0.25) is 6.79 Å². The molecule has 2 aromatic carbocycles. The number of aryl methyl sites for hydroxylation is 1. The maximum atomic E-state index is 12.0. The summed E-state index contributed by atoms with van der Waals surface area (Å²) in [4.78, 5) is 23.9. The Bertz CT molecular complexity index is 807. The Kier molecular flexibility index (Phi) is 5.12. The number of rotatable bonds is 4. The maximum absolute atomic E-state index is 12.0. The van der Waals surface area contributed by atoms with E-state index < -0.39 is 18.0 Å². The van der Waals surface area contributed by atoms with E-state index in [1.165, 1.54) is 0 Å². The number of hydrogen-bond acceptors (Lipinski definition) is 5. The van der Waals surface area contributed by atoms with E-state index in [9.17, 15) is 9.59 Å². The zero-order valence-electron chi connectivity index (χ0n) is 14.4. The van der Waals surface area contributed by atoms with Gasteiger partial charge in [0.05, 0.1) is 0 Å². The lowest BCUT2D eigenvalue weighted by Gasteiger charge is -2.15. The second-order valence-electron chi connectivity index (χ2n) is 5.71. The van der Waals surface area contributed by atoms with Crippen LogP contribution in [0.4, 0.5) is 10.5 Å². The number of hydrogen-bond donors (Lipinski definition) is 3. The van der Waals surface area contributed by atoms with Gasteiger partial charge in [-0.25, -0.2) is 10.2 Å². The molecule has 0 unspecified atom stereocenters. The first-order chi connectivity index (χ1) is 12.5. The lowest BCUT2D eigenvalue weighted by molar-refractivity contribution is -0.127. The lowest BCUT2D eigenvalue weighted by atomic mass is 10.2. The number of carbonyl (C=O) groups excluding carboxylic acids is 2. The van der Waals surface area contributed by atoms with Gasteiger partial charge in [-0.2, -0.15) is 0 Å². The Hall–Kier alpha value is -3.42. The summed E-state index contributed by atoms with van der Waals surface area (Å²) < 4.78 is 15.9. The zero-order chi connectivity index (χ0) is 18.5. The molecule has 0 bridgehead atoms. The van der Waals surface area contributed by atoms with Crippen molar-refractivity contribution in [2.24, 2.45) is 0 Å². The van der Waals surface area contributed by atoms with Crippen LogP contribution >= 0.6 is 0 Å². The Morgan fingerprint density at radius 3 is 2.54 bits per heavy atom. The number of hydrazine groups is 1. The molecule has 0 spiro atoms. The van der Waals surface area contributed by atoms with Crippen LogP contribution in [0.15, 0.2) is 42.5 Å². The summed E-state index contributed by atoms with van der Waals surface area (Å²) in [6.45, 7) is 3.70. The van der Waals surface area contributed by atoms with Gasteiger partial charge in [-0.15, -0.1) is 0 Å². The standard InChI is InChI=1S/C18H19N3O5/c1-11-3-6-14(7-4-11)26-12(2)17(22)20-21-18(23)19-13-5-8-15-16(9-13)25-10-24-15/h3-9,12H,10H2,1-2H3,(H,20,22)(H2,19,21,23)/t12-/m1/s1. The molecule has 3 N–H and O–H groups in total. The van der Waals surface area contributed by atoms with Crippen molar-refractivity contribution in [3.05, 3.63) is 48.0 Å². The SMILES string of the molecule is Cc1ccc(O[C@H](C)C(=O)NNC(=O)Nc2ccc3c(c2)OCO3)cc1. The Morgan fingerprint density at radius 1 is 1.04 bits per heavy atom. The number of carbonyl (C=O) groups is 2. The van der Waals surface area contributed by atoms with E-state index in [1.54, 1.807) is 37.3 Å². The first-order valence-electron chi connectivity index (χ1n) is 8.01. The van der Waals surface area contributed by atoms with E-state index in [-0.39, 0.29) is 6.79 Å². The van der Waals surface area contributed by atoms with Gasteiger partial charge in [-0.1, -0.05) is 17.7 Å². The predicted octanol–water partition coefficient (Wildman–Crippen LogP) is 2.34. The summed E-state index contributed by atoms with van der Waals surface area (Å²) in [6, 6.07) is 11.7. The number of anilines is 1. The van der Waals surface area contributed by atoms with Gasteiger partial charge in [0, 0.05) is 11.8 Å². The molecule has 8 nitrogen and oxygen atoms in total. The predicted molar refractivity (Wildman–Crippen MR) is 94.1 cm³/mol. The highest BCUT2D eigenvalue weighted by Gasteiger charge is 2.16. The van der Waals surface area contributed by atoms with Crippen molar-refractivity contribution in [3.8, 4) is 17.2 Å². The molecule has 0 saturated carbocycles. The summed E-state index contributed by atoms with van der Waals surface area (Å²) in [5, 5.41) is 2.58. The first-order valence-corrected chi connectivity index (χ1v) is 8.01. The lowest BCUT2D eigenvalue weighted by Crippen LogP contribution is -2.48. The largest absolute Gasteiger partial charge is 0.481 e. The number of ether oxygens (including phenoxy) is 3. The highest BCUT2D eigenvalue weighted by atomic mass is 16.7. The minimum absolute atomic E-state index is 0.153. The molecule has 3 rings (SSSR count). The topological polar surface area (TPSA) is 97.9 Å². The molecule has 1 aliphatic heterocycles. The van der Waals surface area contributed by atoms with Crippen LogP contribution in [0.2, 0.25) is 0 Å². The van der Waals surface area contributed by atoms with Crippen LogP contribution in [0.1, 0.15) is 12.5 Å². The van der Waals surface area contributed by atoms with Crippen molar-refractivity contribution in [1.29, 1.82) is 0 Å². The van der Waals surface area contributed by atoms with Gasteiger partial charge in [-0.3, -0.25) is 10.2 Å². The summed E-state index contributed by atoms with van der Waals surface area (Å²) >= 11 is 0. The summed E-state index contributed by atoms with van der Waals surface area (Å²) in [7, 11) is 0. The van der Waals surface area contributed by atoms with Gasteiger partial charge in [-0.05, 0) is 38.1 Å². The summed E-state index contributed by atoms with van der Waals surface area (Å²) in [5.74, 6) is 1.26. The smallest absolute Gasteiger partial charge is 0.337 e. The summed E-state index contributed by atoms with van der Waals surface area (Å²) in [6.07, 6.45) is -0.774. The van der Waals surface area contributed by atoms with Crippen LogP contribution in [0.3, 0.4) is 0 Å². The van der Waals surface area contributed by atoms with Crippen molar-refractivity contribution >= 4 is 17.6 Å². The average molecular weight is 357 g/mol. The van der Waals surface area contributed by atoms with E-state index in [2.05, 4.69) is 16.2 Å². The van der Waals surface area contributed by atoms with E-state index in [4.69, 9.17) is 14.2 Å². The number of fused-ring (bicyclic) bond motifs is 1. The zero-order valence-corrected chi connectivity index (χ0v) is 14.4. The van der Waals surface area contributed by atoms with Crippen molar-refractivity contribution in [2.75, 3.05) is 12.1 Å². The third-order valence-electron chi connectivity index (χ3n) is 3.63. The molecule has 136 valence electrons. The molecular formula is C18H19N3O5. The fourth-order valence-electron chi connectivity index (χ4n) is 2.23. The van der Waals surface area contributed by atoms with Gasteiger partial charge >= 0.3 is 6.03 Å². The minimum Gasteiger partial charge on any atom is -0.481 e.